The molecule has 0 bridgehead atoms. The second-order valence-electron chi connectivity index (χ2n) is 4.86. The first-order valence-corrected chi connectivity index (χ1v) is 7.04. The molecule has 0 saturated heterocycles. The number of nitriles is 2. The molecule has 4 nitrogen and oxygen atoms in total. The maximum absolute atomic E-state index is 9.51. The van der Waals surface area contributed by atoms with E-state index in [1.165, 1.54) is 0 Å². The molecule has 1 aromatic heterocycles. The molecule has 0 aliphatic carbocycles. The lowest BCUT2D eigenvalue weighted by Gasteiger charge is -2.11. The molecule has 23 heavy (non-hydrogen) atoms. The van der Waals surface area contributed by atoms with Crippen molar-refractivity contribution in [2.24, 2.45) is 0 Å². The van der Waals surface area contributed by atoms with Crippen molar-refractivity contribution in [3.63, 3.8) is 0 Å². The van der Waals surface area contributed by atoms with Crippen molar-refractivity contribution in [1.29, 1.82) is 10.5 Å². The van der Waals surface area contributed by atoms with Gasteiger partial charge in [0.15, 0.2) is 12.0 Å². The number of hydrogen-bond donors (Lipinski definition) is 1. The summed E-state index contributed by atoms with van der Waals surface area (Å²) in [7, 11) is 0. The zero-order valence-corrected chi connectivity index (χ0v) is 12.2. The molecule has 2 aromatic carbocycles. The van der Waals surface area contributed by atoms with E-state index in [4.69, 9.17) is 5.26 Å². The predicted octanol–water partition coefficient (Wildman–Crippen LogP) is 4.18. The van der Waals surface area contributed by atoms with Crippen LogP contribution in [0.2, 0.25) is 0 Å². The highest BCUT2D eigenvalue weighted by molar-refractivity contribution is 5.81. The molecular weight excluding hydrogens is 284 g/mol. The SMILES string of the molecule is N#CNc1nc(-c2ccccc2)cc(-c2ccccc2)c1C#N. The number of nitrogens with one attached hydrogen (secondary N) is 1. The highest BCUT2D eigenvalue weighted by atomic mass is 15.0. The highest BCUT2D eigenvalue weighted by Gasteiger charge is 2.14. The fraction of sp³-hybridized carbons (Fsp3) is 0. The van der Waals surface area contributed by atoms with E-state index < -0.39 is 0 Å². The van der Waals surface area contributed by atoms with Crippen molar-refractivity contribution in [1.82, 2.24) is 4.98 Å². The van der Waals surface area contributed by atoms with Gasteiger partial charge in [-0.25, -0.2) is 4.98 Å². The molecule has 0 aliphatic heterocycles. The normalized spacial score (nSPS) is 9.65. The van der Waals surface area contributed by atoms with Crippen molar-refractivity contribution in [3.8, 4) is 34.6 Å². The van der Waals surface area contributed by atoms with E-state index in [0.717, 1.165) is 16.7 Å². The van der Waals surface area contributed by atoms with Crippen LogP contribution in [0.15, 0.2) is 66.7 Å². The third-order valence-corrected chi connectivity index (χ3v) is 3.46. The summed E-state index contributed by atoms with van der Waals surface area (Å²) in [4.78, 5) is 4.43. The number of nitrogens with zero attached hydrogens (tertiary/aromatic N) is 3. The quantitative estimate of drug-likeness (QED) is 0.581. The van der Waals surface area contributed by atoms with E-state index in [2.05, 4.69) is 16.4 Å². The minimum atomic E-state index is 0.273. The third-order valence-electron chi connectivity index (χ3n) is 3.46. The van der Waals surface area contributed by atoms with Crippen molar-refractivity contribution in [3.05, 3.63) is 72.3 Å². The summed E-state index contributed by atoms with van der Waals surface area (Å²) < 4.78 is 0. The van der Waals surface area contributed by atoms with Crippen molar-refractivity contribution < 1.29 is 0 Å². The Morgan fingerprint density at radius 2 is 1.43 bits per heavy atom. The second-order valence-corrected chi connectivity index (χ2v) is 4.86. The van der Waals surface area contributed by atoms with Gasteiger partial charge in [0.25, 0.3) is 0 Å². The van der Waals surface area contributed by atoms with Crippen molar-refractivity contribution >= 4 is 5.82 Å². The van der Waals surface area contributed by atoms with Crippen LogP contribution in [0.3, 0.4) is 0 Å². The van der Waals surface area contributed by atoms with Gasteiger partial charge in [-0.05, 0) is 11.6 Å². The van der Waals surface area contributed by atoms with Crippen LogP contribution in [0, 0.1) is 22.8 Å². The number of hydrogen-bond acceptors (Lipinski definition) is 4. The smallest absolute Gasteiger partial charge is 0.182 e. The van der Waals surface area contributed by atoms with Crippen LogP contribution in [0.4, 0.5) is 5.82 Å². The van der Waals surface area contributed by atoms with Crippen LogP contribution in [0.25, 0.3) is 22.4 Å². The minimum absolute atomic E-state index is 0.273. The van der Waals surface area contributed by atoms with E-state index >= 15 is 0 Å². The number of pyridine rings is 1. The van der Waals surface area contributed by atoms with E-state index in [1.807, 2.05) is 72.9 Å². The molecule has 1 N–H and O–H groups in total. The maximum atomic E-state index is 9.51. The first-order valence-electron chi connectivity index (χ1n) is 7.04. The first-order chi connectivity index (χ1) is 11.3. The van der Waals surface area contributed by atoms with Gasteiger partial charge in [0.05, 0.1) is 5.69 Å². The summed E-state index contributed by atoms with van der Waals surface area (Å²) in [6.07, 6.45) is 1.85. The zero-order chi connectivity index (χ0) is 16.1. The molecule has 0 spiro atoms. The Labute approximate surface area is 134 Å². The summed E-state index contributed by atoms with van der Waals surface area (Å²) >= 11 is 0. The van der Waals surface area contributed by atoms with Gasteiger partial charge in [-0.1, -0.05) is 60.7 Å². The predicted molar refractivity (Wildman–Crippen MR) is 89.1 cm³/mol. The third kappa shape index (κ3) is 2.88. The lowest BCUT2D eigenvalue weighted by molar-refractivity contribution is 1.28. The van der Waals surface area contributed by atoms with Crippen LogP contribution in [0.5, 0.6) is 0 Å². The summed E-state index contributed by atoms with van der Waals surface area (Å²) in [5.41, 5.74) is 3.65. The fourth-order valence-corrected chi connectivity index (χ4v) is 2.40. The zero-order valence-electron chi connectivity index (χ0n) is 12.2. The van der Waals surface area contributed by atoms with Gasteiger partial charge in [0, 0.05) is 11.1 Å². The van der Waals surface area contributed by atoms with E-state index in [0.29, 0.717) is 11.3 Å². The van der Waals surface area contributed by atoms with Gasteiger partial charge in [0.2, 0.25) is 0 Å². The maximum Gasteiger partial charge on any atom is 0.182 e. The first kappa shape index (κ1) is 14.3. The minimum Gasteiger partial charge on any atom is -0.276 e. The summed E-state index contributed by atoms with van der Waals surface area (Å²) in [5, 5.41) is 21.0. The van der Waals surface area contributed by atoms with Crippen molar-refractivity contribution in [2.45, 2.75) is 0 Å². The average Bonchev–Trinajstić information content (AvgIpc) is 2.63. The number of benzene rings is 2. The van der Waals surface area contributed by atoms with E-state index in [-0.39, 0.29) is 5.82 Å². The standard InChI is InChI=1S/C19H12N4/c20-12-17-16(14-7-3-1-4-8-14)11-18(23-19(17)22-13-21)15-9-5-2-6-10-15/h1-11H,(H,22,23). The molecule has 3 rings (SSSR count). The van der Waals surface area contributed by atoms with E-state index in [9.17, 15) is 5.26 Å². The molecule has 0 radical (unpaired) electrons. The number of aromatic nitrogens is 1. The number of rotatable bonds is 3. The molecular formula is C19H12N4. The monoisotopic (exact) mass is 296 g/mol. The lowest BCUT2D eigenvalue weighted by atomic mass is 9.98. The van der Waals surface area contributed by atoms with Gasteiger partial charge in [-0.2, -0.15) is 10.5 Å². The molecule has 108 valence electrons. The Balaban J connectivity index is 2.27. The van der Waals surface area contributed by atoms with Crippen molar-refractivity contribution in [2.75, 3.05) is 5.32 Å². The van der Waals surface area contributed by atoms with Crippen LogP contribution >= 0.6 is 0 Å². The Hall–Kier alpha value is -3.63. The lowest BCUT2D eigenvalue weighted by Crippen LogP contribution is -2.00. The van der Waals surface area contributed by atoms with E-state index in [1.54, 1.807) is 0 Å². The van der Waals surface area contributed by atoms with Crippen LogP contribution < -0.4 is 5.32 Å². The van der Waals surface area contributed by atoms with Crippen LogP contribution in [-0.4, -0.2) is 4.98 Å². The molecule has 0 unspecified atom stereocenters. The Morgan fingerprint density at radius 3 is 2.00 bits per heavy atom. The summed E-state index contributed by atoms with van der Waals surface area (Å²) in [6.45, 7) is 0. The Kier molecular flexibility index (Phi) is 4.00. The Bertz CT molecular complexity index is 904. The molecule has 3 aromatic rings. The molecule has 1 heterocycles. The van der Waals surface area contributed by atoms with Crippen LogP contribution in [0.1, 0.15) is 5.56 Å². The molecule has 0 aliphatic rings. The van der Waals surface area contributed by atoms with Gasteiger partial charge in [0.1, 0.15) is 11.6 Å². The Morgan fingerprint density at radius 1 is 0.826 bits per heavy atom. The van der Waals surface area contributed by atoms with Gasteiger partial charge in [-0.3, -0.25) is 5.32 Å². The van der Waals surface area contributed by atoms with Crippen LogP contribution in [-0.2, 0) is 0 Å². The highest BCUT2D eigenvalue weighted by Crippen LogP contribution is 2.32. The topological polar surface area (TPSA) is 72.5 Å². The number of anilines is 1. The second kappa shape index (κ2) is 6.43. The largest absolute Gasteiger partial charge is 0.276 e. The molecule has 0 saturated carbocycles. The average molecular weight is 296 g/mol. The van der Waals surface area contributed by atoms with Gasteiger partial charge < -0.3 is 0 Å². The molecule has 0 amide bonds. The van der Waals surface area contributed by atoms with Gasteiger partial charge in [-0.15, -0.1) is 0 Å². The molecule has 0 atom stereocenters. The molecule has 4 heteroatoms. The summed E-state index contributed by atoms with van der Waals surface area (Å²) in [6, 6.07) is 23.3. The van der Waals surface area contributed by atoms with Gasteiger partial charge >= 0.3 is 0 Å². The fourth-order valence-electron chi connectivity index (χ4n) is 2.40. The molecule has 0 fully saturated rings. The summed E-state index contributed by atoms with van der Waals surface area (Å²) in [5.74, 6) is 0.273.